The molecule has 1 saturated heterocycles. The smallest absolute Gasteiger partial charge is 0.225 e. The number of hydrogen-bond donors (Lipinski definition) is 1. The summed E-state index contributed by atoms with van der Waals surface area (Å²) in [6.07, 6.45) is 0.311. The molecule has 1 aromatic heterocycles. The predicted molar refractivity (Wildman–Crippen MR) is 74.7 cm³/mol. The van der Waals surface area contributed by atoms with Crippen LogP contribution in [0.2, 0.25) is 0 Å². The number of amides is 2. The third kappa shape index (κ3) is 3.00. The number of rotatable bonds is 4. The quantitative estimate of drug-likeness (QED) is 0.877. The van der Waals surface area contributed by atoms with Gasteiger partial charge >= 0.3 is 0 Å². The summed E-state index contributed by atoms with van der Waals surface area (Å²) in [6.45, 7) is 6.83. The number of likely N-dealkylation sites (tertiary alicyclic amines) is 1. The first kappa shape index (κ1) is 14.6. The minimum atomic E-state index is -0.241. The Morgan fingerprint density at radius 3 is 2.75 bits per heavy atom. The molecule has 0 saturated carbocycles. The van der Waals surface area contributed by atoms with Crippen LogP contribution in [0, 0.1) is 12.8 Å². The fourth-order valence-corrected chi connectivity index (χ4v) is 2.45. The van der Waals surface area contributed by atoms with E-state index in [4.69, 9.17) is 0 Å². The number of hydrogen-bond acceptors (Lipinski definition) is 3. The van der Waals surface area contributed by atoms with E-state index in [2.05, 4.69) is 10.4 Å². The van der Waals surface area contributed by atoms with Crippen LogP contribution >= 0.6 is 0 Å². The predicted octanol–water partition coefficient (Wildman–Crippen LogP) is 0.602. The van der Waals surface area contributed by atoms with Gasteiger partial charge in [-0.1, -0.05) is 0 Å². The van der Waals surface area contributed by atoms with Crippen molar-refractivity contribution in [2.75, 3.05) is 6.54 Å². The lowest BCUT2D eigenvalue weighted by Crippen LogP contribution is -2.35. The maximum absolute atomic E-state index is 12.1. The van der Waals surface area contributed by atoms with Gasteiger partial charge in [-0.2, -0.15) is 5.10 Å². The number of nitrogens with zero attached hydrogens (tertiary/aromatic N) is 3. The van der Waals surface area contributed by atoms with E-state index in [0.29, 0.717) is 19.5 Å². The highest BCUT2D eigenvalue weighted by Crippen LogP contribution is 2.20. The van der Waals surface area contributed by atoms with Gasteiger partial charge in [-0.3, -0.25) is 14.3 Å². The van der Waals surface area contributed by atoms with Gasteiger partial charge < -0.3 is 10.2 Å². The van der Waals surface area contributed by atoms with E-state index in [0.717, 1.165) is 11.4 Å². The molecule has 0 bridgehead atoms. The molecule has 0 aromatic carbocycles. The summed E-state index contributed by atoms with van der Waals surface area (Å²) in [5.74, 6) is -0.242. The summed E-state index contributed by atoms with van der Waals surface area (Å²) >= 11 is 0. The highest BCUT2D eigenvalue weighted by molar-refractivity contribution is 5.89. The van der Waals surface area contributed by atoms with Crippen molar-refractivity contribution in [1.82, 2.24) is 20.0 Å². The second kappa shape index (κ2) is 5.64. The van der Waals surface area contributed by atoms with Crippen molar-refractivity contribution < 1.29 is 9.59 Å². The third-order valence-electron chi connectivity index (χ3n) is 3.76. The van der Waals surface area contributed by atoms with E-state index in [1.807, 2.05) is 33.9 Å². The summed E-state index contributed by atoms with van der Waals surface area (Å²) in [5.41, 5.74) is 1.89. The summed E-state index contributed by atoms with van der Waals surface area (Å²) in [5, 5.41) is 7.16. The monoisotopic (exact) mass is 278 g/mol. The van der Waals surface area contributed by atoms with Gasteiger partial charge in [-0.25, -0.2) is 0 Å². The average molecular weight is 278 g/mol. The van der Waals surface area contributed by atoms with Crippen LogP contribution in [-0.4, -0.2) is 39.1 Å². The van der Waals surface area contributed by atoms with Gasteiger partial charge in [0.2, 0.25) is 11.8 Å². The summed E-state index contributed by atoms with van der Waals surface area (Å²) in [6, 6.07) is 2.10. The van der Waals surface area contributed by atoms with Gasteiger partial charge in [0.05, 0.1) is 18.2 Å². The minimum Gasteiger partial charge on any atom is -0.350 e. The molecule has 1 aliphatic heterocycles. The lowest BCUT2D eigenvalue weighted by atomic mass is 10.1. The van der Waals surface area contributed by atoms with Crippen molar-refractivity contribution in [3.8, 4) is 0 Å². The summed E-state index contributed by atoms with van der Waals surface area (Å²) < 4.78 is 1.78. The SMILES string of the molecule is Cc1cc(CNC(=O)[C@@H]2CC(=O)N(C(C)C)C2)nn1C. The van der Waals surface area contributed by atoms with Crippen LogP contribution < -0.4 is 5.32 Å². The maximum Gasteiger partial charge on any atom is 0.225 e. The Bertz CT molecular complexity index is 502. The molecule has 2 rings (SSSR count). The fraction of sp³-hybridized carbons (Fsp3) is 0.643. The first-order valence-electron chi connectivity index (χ1n) is 6.95. The average Bonchev–Trinajstić information content (AvgIpc) is 2.91. The molecule has 1 aromatic rings. The highest BCUT2D eigenvalue weighted by atomic mass is 16.2. The van der Waals surface area contributed by atoms with E-state index < -0.39 is 0 Å². The highest BCUT2D eigenvalue weighted by Gasteiger charge is 2.35. The molecule has 6 heteroatoms. The van der Waals surface area contributed by atoms with Gasteiger partial charge in [0, 0.05) is 31.7 Å². The molecule has 1 N–H and O–H groups in total. The van der Waals surface area contributed by atoms with E-state index in [1.54, 1.807) is 9.58 Å². The molecule has 110 valence electrons. The van der Waals surface area contributed by atoms with Gasteiger partial charge in [-0.15, -0.1) is 0 Å². The van der Waals surface area contributed by atoms with Crippen molar-refractivity contribution in [2.24, 2.45) is 13.0 Å². The number of carbonyl (C=O) groups is 2. The first-order chi connectivity index (χ1) is 9.38. The number of carbonyl (C=O) groups excluding carboxylic acids is 2. The Morgan fingerprint density at radius 2 is 2.25 bits per heavy atom. The van der Waals surface area contributed by atoms with Crippen LogP contribution in [0.3, 0.4) is 0 Å². The van der Waals surface area contributed by atoms with E-state index in [1.165, 1.54) is 0 Å². The lowest BCUT2D eigenvalue weighted by molar-refractivity contribution is -0.130. The van der Waals surface area contributed by atoms with Gasteiger partial charge in [-0.05, 0) is 26.8 Å². The summed E-state index contributed by atoms with van der Waals surface area (Å²) in [4.78, 5) is 25.6. The molecular formula is C14H22N4O2. The van der Waals surface area contributed by atoms with Crippen LogP contribution in [0.25, 0.3) is 0 Å². The Kier molecular flexibility index (Phi) is 4.11. The molecule has 1 aliphatic rings. The molecule has 6 nitrogen and oxygen atoms in total. The minimum absolute atomic E-state index is 0.0637. The van der Waals surface area contributed by atoms with Gasteiger partial charge in [0.25, 0.3) is 0 Å². The zero-order valence-electron chi connectivity index (χ0n) is 12.5. The Balaban J connectivity index is 1.88. The molecular weight excluding hydrogens is 256 g/mol. The van der Waals surface area contributed by atoms with E-state index in [-0.39, 0.29) is 23.8 Å². The molecule has 20 heavy (non-hydrogen) atoms. The third-order valence-corrected chi connectivity index (χ3v) is 3.76. The van der Waals surface area contributed by atoms with Crippen LogP contribution in [0.15, 0.2) is 6.07 Å². The molecule has 1 fully saturated rings. The molecule has 0 aliphatic carbocycles. The van der Waals surface area contributed by atoms with Crippen molar-refractivity contribution in [3.05, 3.63) is 17.5 Å². The fourth-order valence-electron chi connectivity index (χ4n) is 2.45. The zero-order chi connectivity index (χ0) is 14.9. The van der Waals surface area contributed by atoms with E-state index in [9.17, 15) is 9.59 Å². The second-order valence-electron chi connectivity index (χ2n) is 5.66. The first-order valence-corrected chi connectivity index (χ1v) is 6.95. The van der Waals surface area contributed by atoms with Crippen molar-refractivity contribution in [3.63, 3.8) is 0 Å². The van der Waals surface area contributed by atoms with Gasteiger partial charge in [0.1, 0.15) is 0 Å². The number of nitrogens with one attached hydrogen (secondary N) is 1. The molecule has 0 radical (unpaired) electrons. The second-order valence-corrected chi connectivity index (χ2v) is 5.66. The lowest BCUT2D eigenvalue weighted by Gasteiger charge is -2.20. The maximum atomic E-state index is 12.1. The topological polar surface area (TPSA) is 67.2 Å². The van der Waals surface area contributed by atoms with Crippen molar-refractivity contribution >= 4 is 11.8 Å². The largest absolute Gasteiger partial charge is 0.350 e. The normalized spacial score (nSPS) is 18.9. The molecule has 2 amide bonds. The van der Waals surface area contributed by atoms with Crippen molar-refractivity contribution in [1.29, 1.82) is 0 Å². The molecule has 1 atom stereocenters. The van der Waals surface area contributed by atoms with Gasteiger partial charge in [0.15, 0.2) is 0 Å². The molecule has 0 spiro atoms. The summed E-state index contributed by atoms with van der Waals surface area (Å²) in [7, 11) is 1.87. The van der Waals surface area contributed by atoms with Crippen LogP contribution in [0.4, 0.5) is 0 Å². The van der Waals surface area contributed by atoms with E-state index >= 15 is 0 Å². The molecule has 2 heterocycles. The molecule has 0 unspecified atom stereocenters. The number of aromatic nitrogens is 2. The Hall–Kier alpha value is -1.85. The standard InChI is InChI=1S/C14H22N4O2/c1-9(2)18-8-11(6-13(18)19)14(20)15-7-12-5-10(3)17(4)16-12/h5,9,11H,6-8H2,1-4H3,(H,15,20)/t11-/m1/s1. The van der Waals surface area contributed by atoms with Crippen LogP contribution in [0.5, 0.6) is 0 Å². The van der Waals surface area contributed by atoms with Crippen LogP contribution in [0.1, 0.15) is 31.7 Å². The Morgan fingerprint density at radius 1 is 1.55 bits per heavy atom. The van der Waals surface area contributed by atoms with Crippen molar-refractivity contribution in [2.45, 2.75) is 39.8 Å². The number of aryl methyl sites for hydroxylation is 2. The Labute approximate surface area is 119 Å². The zero-order valence-corrected chi connectivity index (χ0v) is 12.5. The van der Waals surface area contributed by atoms with Crippen LogP contribution in [-0.2, 0) is 23.2 Å².